The lowest BCUT2D eigenvalue weighted by Gasteiger charge is -2.38. The molecule has 0 radical (unpaired) electrons. The Kier molecular flexibility index (Phi) is 5.65. The number of ether oxygens (including phenoxy) is 1. The average Bonchev–Trinajstić information content (AvgIpc) is 2.82. The Morgan fingerprint density at radius 3 is 2.05 bits per heavy atom. The van der Waals surface area contributed by atoms with Crippen LogP contribution in [0.2, 0.25) is 24.7 Å². The Balaban J connectivity index is 3.08. The molecule has 22 heavy (non-hydrogen) atoms. The van der Waals surface area contributed by atoms with Crippen molar-refractivity contribution in [2.75, 3.05) is 7.11 Å². The Bertz CT molecular complexity index is 469. The first-order chi connectivity index (χ1) is 9.98. The third-order valence-electron chi connectivity index (χ3n) is 4.82. The molecule has 1 unspecified atom stereocenters. The van der Waals surface area contributed by atoms with Crippen molar-refractivity contribution in [1.82, 2.24) is 4.90 Å². The fourth-order valence-corrected chi connectivity index (χ4v) is 5.54. The van der Waals surface area contributed by atoms with Crippen molar-refractivity contribution in [3.05, 3.63) is 11.6 Å². The number of nitrogens with zero attached hydrogens (tertiary/aromatic N) is 1. The number of carbonyl (C=O) groups is 2. The third-order valence-corrected chi connectivity index (χ3v) is 8.28. The van der Waals surface area contributed by atoms with Gasteiger partial charge in [0.1, 0.15) is 0 Å². The Morgan fingerprint density at radius 1 is 1.18 bits per heavy atom. The van der Waals surface area contributed by atoms with Gasteiger partial charge in [-0.15, -0.1) is 0 Å². The molecule has 1 atom stereocenters. The van der Waals surface area contributed by atoms with Gasteiger partial charge >= 0.3 is 5.97 Å². The highest BCUT2D eigenvalue weighted by Gasteiger charge is 2.53. The molecule has 0 spiro atoms. The van der Waals surface area contributed by atoms with Gasteiger partial charge in [0, 0.05) is 17.7 Å². The number of hydrogen-bond donors (Lipinski definition) is 0. The summed E-state index contributed by atoms with van der Waals surface area (Å²) in [4.78, 5) is 27.2. The van der Waals surface area contributed by atoms with Gasteiger partial charge in [0.15, 0.2) is 0 Å². The van der Waals surface area contributed by atoms with Crippen molar-refractivity contribution in [1.29, 1.82) is 0 Å². The molecule has 4 nitrogen and oxygen atoms in total. The molecule has 1 rings (SSSR count). The number of esters is 1. The van der Waals surface area contributed by atoms with Crippen molar-refractivity contribution in [2.45, 2.75) is 77.3 Å². The Hall–Kier alpha value is -1.10. The van der Waals surface area contributed by atoms with Crippen LogP contribution in [0.15, 0.2) is 11.6 Å². The third kappa shape index (κ3) is 3.29. The van der Waals surface area contributed by atoms with Crippen LogP contribution in [-0.4, -0.2) is 44.0 Å². The molecule has 5 heteroatoms. The minimum Gasteiger partial charge on any atom is -0.469 e. The van der Waals surface area contributed by atoms with E-state index in [9.17, 15) is 9.59 Å². The molecule has 0 aromatic heterocycles. The molecule has 0 saturated carbocycles. The number of allylic oxidation sites excluding steroid dienone is 1. The molecule has 1 aliphatic rings. The highest BCUT2D eigenvalue weighted by molar-refractivity contribution is 6.82. The van der Waals surface area contributed by atoms with Gasteiger partial charge in [-0.25, -0.2) is 0 Å². The molecule has 0 fully saturated rings. The maximum absolute atomic E-state index is 12.9. The Labute approximate surface area is 135 Å². The van der Waals surface area contributed by atoms with Crippen LogP contribution in [0.1, 0.15) is 40.5 Å². The molecular weight excluding hydrogens is 294 g/mol. The van der Waals surface area contributed by atoms with Crippen LogP contribution >= 0.6 is 0 Å². The van der Waals surface area contributed by atoms with Crippen molar-refractivity contribution >= 4 is 20.0 Å². The molecule has 1 amide bonds. The van der Waals surface area contributed by atoms with Crippen molar-refractivity contribution < 1.29 is 14.3 Å². The summed E-state index contributed by atoms with van der Waals surface area (Å²) < 4.78 is 5.09. The molecule has 0 heterocycles. The number of carbonyl (C=O) groups excluding carboxylic acids is 2. The first-order valence-electron chi connectivity index (χ1n) is 8.08. The molecule has 0 N–H and O–H groups in total. The number of amides is 1. The Morgan fingerprint density at radius 2 is 1.68 bits per heavy atom. The van der Waals surface area contributed by atoms with E-state index >= 15 is 0 Å². The summed E-state index contributed by atoms with van der Waals surface area (Å²) in [6.07, 6.45) is 3.11. The van der Waals surface area contributed by atoms with E-state index in [1.54, 1.807) is 0 Å². The molecule has 0 aliphatic heterocycles. The fourth-order valence-electron chi connectivity index (χ4n) is 3.39. The van der Waals surface area contributed by atoms with E-state index < -0.39 is 13.1 Å². The van der Waals surface area contributed by atoms with Crippen LogP contribution in [0.4, 0.5) is 0 Å². The predicted octanol–water partition coefficient (Wildman–Crippen LogP) is 3.60. The number of methoxy groups -OCH3 is 1. The van der Waals surface area contributed by atoms with Crippen LogP contribution in [0.25, 0.3) is 0 Å². The lowest BCUT2D eigenvalue weighted by molar-refractivity contribution is -0.144. The van der Waals surface area contributed by atoms with E-state index in [4.69, 9.17) is 4.74 Å². The average molecular weight is 326 g/mol. The summed E-state index contributed by atoms with van der Waals surface area (Å²) in [5, 5.41) is -0.508. The van der Waals surface area contributed by atoms with Crippen LogP contribution in [-0.2, 0) is 14.3 Å². The summed E-state index contributed by atoms with van der Waals surface area (Å²) in [6, 6.07) is 0.293. The van der Waals surface area contributed by atoms with Crippen LogP contribution in [0.5, 0.6) is 0 Å². The summed E-state index contributed by atoms with van der Waals surface area (Å²) in [7, 11) is -0.390. The second-order valence-electron chi connectivity index (χ2n) is 7.83. The zero-order valence-electron chi connectivity index (χ0n) is 15.3. The largest absolute Gasteiger partial charge is 0.469 e. The maximum atomic E-state index is 12.9. The SMILES string of the molecule is COC(=O)C1([Si](C)(C)C)CC=C(C(=O)N(C(C)C)C(C)C)C1. The summed E-state index contributed by atoms with van der Waals surface area (Å²) in [6.45, 7) is 14.6. The highest BCUT2D eigenvalue weighted by atomic mass is 28.3. The van der Waals surface area contributed by atoms with E-state index in [1.807, 2.05) is 38.7 Å². The van der Waals surface area contributed by atoms with E-state index in [0.717, 1.165) is 5.57 Å². The van der Waals surface area contributed by atoms with E-state index in [2.05, 4.69) is 19.6 Å². The second kappa shape index (κ2) is 6.57. The van der Waals surface area contributed by atoms with Gasteiger partial charge < -0.3 is 9.64 Å². The standard InChI is InChI=1S/C17H31NO3Si/c1-12(2)18(13(3)4)15(19)14-9-10-17(11-14,16(20)21-5)22(6,7)8/h9,12-13H,10-11H2,1-8H3. The molecule has 126 valence electrons. The molecular formula is C17H31NO3Si. The van der Waals surface area contributed by atoms with Gasteiger partial charge in [-0.2, -0.15) is 0 Å². The van der Waals surface area contributed by atoms with Crippen LogP contribution < -0.4 is 0 Å². The van der Waals surface area contributed by atoms with Crippen LogP contribution in [0, 0.1) is 0 Å². The van der Waals surface area contributed by atoms with Crippen molar-refractivity contribution in [2.24, 2.45) is 0 Å². The zero-order valence-corrected chi connectivity index (χ0v) is 16.3. The topological polar surface area (TPSA) is 46.6 Å². The van der Waals surface area contributed by atoms with Gasteiger partial charge in [-0.3, -0.25) is 9.59 Å². The van der Waals surface area contributed by atoms with Crippen LogP contribution in [0.3, 0.4) is 0 Å². The summed E-state index contributed by atoms with van der Waals surface area (Å²) in [5.74, 6) is -0.0969. The molecule has 1 aliphatic carbocycles. The van der Waals surface area contributed by atoms with Gasteiger partial charge in [0.25, 0.3) is 0 Å². The zero-order chi connectivity index (χ0) is 17.3. The van der Waals surface area contributed by atoms with Gasteiger partial charge in [-0.05, 0) is 40.5 Å². The summed E-state index contributed by atoms with van der Waals surface area (Å²) >= 11 is 0. The molecule has 0 bridgehead atoms. The number of hydrogen-bond acceptors (Lipinski definition) is 3. The van der Waals surface area contributed by atoms with Crippen molar-refractivity contribution in [3.63, 3.8) is 0 Å². The van der Waals surface area contributed by atoms with E-state index in [0.29, 0.717) is 12.8 Å². The van der Waals surface area contributed by atoms with Gasteiger partial charge in [0.2, 0.25) is 5.91 Å². The number of rotatable bonds is 5. The molecule has 0 aromatic carbocycles. The van der Waals surface area contributed by atoms with Gasteiger partial charge in [-0.1, -0.05) is 25.7 Å². The lowest BCUT2D eigenvalue weighted by atomic mass is 10.0. The maximum Gasteiger partial charge on any atom is 0.309 e. The highest BCUT2D eigenvalue weighted by Crippen LogP contribution is 2.53. The first-order valence-corrected chi connectivity index (χ1v) is 11.6. The molecule has 0 aromatic rings. The lowest BCUT2D eigenvalue weighted by Crippen LogP contribution is -2.46. The minimum atomic E-state index is -1.83. The minimum absolute atomic E-state index is 0.0639. The normalized spacial score (nSPS) is 22.0. The first kappa shape index (κ1) is 18.9. The predicted molar refractivity (Wildman–Crippen MR) is 92.5 cm³/mol. The van der Waals surface area contributed by atoms with E-state index in [-0.39, 0.29) is 24.0 Å². The molecule has 0 saturated heterocycles. The van der Waals surface area contributed by atoms with Crippen molar-refractivity contribution in [3.8, 4) is 0 Å². The second-order valence-corrected chi connectivity index (χ2v) is 13.3. The summed E-state index contributed by atoms with van der Waals surface area (Å²) in [5.41, 5.74) is 0.773. The quantitative estimate of drug-likeness (QED) is 0.573. The van der Waals surface area contributed by atoms with Gasteiger partial charge in [0.05, 0.1) is 20.2 Å². The van der Waals surface area contributed by atoms with E-state index in [1.165, 1.54) is 7.11 Å². The smallest absolute Gasteiger partial charge is 0.309 e. The fraction of sp³-hybridized carbons (Fsp3) is 0.765. The monoisotopic (exact) mass is 325 g/mol.